The average molecular weight is 300 g/mol. The summed E-state index contributed by atoms with van der Waals surface area (Å²) in [6, 6.07) is 4.65. The molecular formula is C17H24N4O. The van der Waals surface area contributed by atoms with Crippen LogP contribution in [0.4, 0.5) is 5.82 Å². The highest BCUT2D eigenvalue weighted by atomic mass is 16.5. The van der Waals surface area contributed by atoms with Gasteiger partial charge in [0, 0.05) is 51.4 Å². The van der Waals surface area contributed by atoms with E-state index in [0.29, 0.717) is 12.1 Å². The third kappa shape index (κ3) is 2.99. The Morgan fingerprint density at radius 3 is 2.50 bits per heavy atom. The Kier molecular flexibility index (Phi) is 4.43. The van der Waals surface area contributed by atoms with Crippen LogP contribution in [0.1, 0.15) is 31.7 Å². The smallest absolute Gasteiger partial charge is 0.141 e. The van der Waals surface area contributed by atoms with E-state index in [1.807, 2.05) is 44.6 Å². The first-order valence-corrected chi connectivity index (χ1v) is 7.88. The molecule has 0 aromatic carbocycles. The summed E-state index contributed by atoms with van der Waals surface area (Å²) < 4.78 is 7.77. The van der Waals surface area contributed by atoms with Crippen LogP contribution >= 0.6 is 0 Å². The van der Waals surface area contributed by atoms with Crippen molar-refractivity contribution in [2.45, 2.75) is 37.8 Å². The van der Waals surface area contributed by atoms with Gasteiger partial charge in [-0.2, -0.15) is 0 Å². The molecule has 0 amide bonds. The van der Waals surface area contributed by atoms with Crippen molar-refractivity contribution in [1.82, 2.24) is 14.5 Å². The minimum atomic E-state index is 0.421. The van der Waals surface area contributed by atoms with Crippen LogP contribution in [0.3, 0.4) is 0 Å². The first-order valence-electron chi connectivity index (χ1n) is 7.88. The summed E-state index contributed by atoms with van der Waals surface area (Å²) in [5.41, 5.74) is 1.07. The zero-order chi connectivity index (χ0) is 15.5. The van der Waals surface area contributed by atoms with Crippen molar-refractivity contribution >= 4 is 5.82 Å². The van der Waals surface area contributed by atoms with Crippen molar-refractivity contribution in [2.75, 3.05) is 26.1 Å². The molecule has 0 bridgehead atoms. The van der Waals surface area contributed by atoms with Crippen molar-refractivity contribution in [3.8, 4) is 11.4 Å². The Hall–Kier alpha value is -1.88. The molecule has 118 valence electrons. The van der Waals surface area contributed by atoms with Crippen molar-refractivity contribution in [1.29, 1.82) is 0 Å². The largest absolute Gasteiger partial charge is 0.381 e. The fourth-order valence-corrected chi connectivity index (χ4v) is 3.17. The number of hydrogen-bond donors (Lipinski definition) is 0. The first-order chi connectivity index (χ1) is 10.7. The van der Waals surface area contributed by atoms with E-state index in [0.717, 1.165) is 42.9 Å². The highest BCUT2D eigenvalue weighted by molar-refractivity contribution is 5.57. The van der Waals surface area contributed by atoms with Gasteiger partial charge in [-0.15, -0.1) is 0 Å². The van der Waals surface area contributed by atoms with Gasteiger partial charge in [0.25, 0.3) is 0 Å². The van der Waals surface area contributed by atoms with Crippen molar-refractivity contribution in [3.05, 3.63) is 30.7 Å². The lowest BCUT2D eigenvalue weighted by molar-refractivity contribution is 0.0586. The number of aromatic nitrogens is 3. The predicted molar refractivity (Wildman–Crippen MR) is 88.1 cm³/mol. The molecule has 0 radical (unpaired) electrons. The van der Waals surface area contributed by atoms with Crippen LogP contribution in [0.5, 0.6) is 0 Å². The molecule has 0 unspecified atom stereocenters. The Labute approximate surface area is 131 Å². The minimum absolute atomic E-state index is 0.421. The molecule has 1 fully saturated rings. The van der Waals surface area contributed by atoms with E-state index >= 15 is 0 Å². The summed E-state index contributed by atoms with van der Waals surface area (Å²) in [6.45, 7) is 0. The van der Waals surface area contributed by atoms with Crippen molar-refractivity contribution in [2.24, 2.45) is 0 Å². The zero-order valence-electron chi connectivity index (χ0n) is 13.6. The van der Waals surface area contributed by atoms with Crippen molar-refractivity contribution in [3.63, 3.8) is 0 Å². The minimum Gasteiger partial charge on any atom is -0.381 e. The lowest BCUT2D eigenvalue weighted by Crippen LogP contribution is -2.22. The first kappa shape index (κ1) is 15.0. The fourth-order valence-electron chi connectivity index (χ4n) is 3.17. The second-order valence-electron chi connectivity index (χ2n) is 6.12. The maximum absolute atomic E-state index is 5.47. The number of hydrogen-bond acceptors (Lipinski definition) is 4. The van der Waals surface area contributed by atoms with Gasteiger partial charge in [-0.25, -0.2) is 9.97 Å². The predicted octanol–water partition coefficient (Wildman–Crippen LogP) is 3.14. The zero-order valence-corrected chi connectivity index (χ0v) is 13.6. The standard InChI is InChI=1S/C17H24N4O/c1-20(2)16-9-4-13(12-19-16)17-18-10-11-21(17)14-5-7-15(22-3)8-6-14/h4,9-12,14-15H,5-8H2,1-3H3. The van der Waals surface area contributed by atoms with E-state index in [1.54, 1.807) is 0 Å². The molecule has 5 heteroatoms. The Bertz CT molecular complexity index is 597. The lowest BCUT2D eigenvalue weighted by Gasteiger charge is -2.29. The molecule has 22 heavy (non-hydrogen) atoms. The summed E-state index contributed by atoms with van der Waals surface area (Å²) in [5, 5.41) is 0. The van der Waals surface area contributed by atoms with Crippen LogP contribution in [0, 0.1) is 0 Å². The lowest BCUT2D eigenvalue weighted by atomic mass is 9.92. The number of nitrogens with zero attached hydrogens (tertiary/aromatic N) is 4. The van der Waals surface area contributed by atoms with Crippen LogP contribution < -0.4 is 4.90 Å². The molecule has 2 heterocycles. The summed E-state index contributed by atoms with van der Waals surface area (Å²) in [4.78, 5) is 11.1. The van der Waals surface area contributed by atoms with E-state index in [1.165, 1.54) is 0 Å². The van der Waals surface area contributed by atoms with Gasteiger partial charge in [0.05, 0.1) is 6.10 Å². The van der Waals surface area contributed by atoms with E-state index in [2.05, 4.69) is 26.8 Å². The molecule has 1 saturated carbocycles. The van der Waals surface area contributed by atoms with E-state index < -0.39 is 0 Å². The van der Waals surface area contributed by atoms with Crippen LogP contribution in [-0.4, -0.2) is 41.8 Å². The topological polar surface area (TPSA) is 43.2 Å². The van der Waals surface area contributed by atoms with E-state index in [-0.39, 0.29) is 0 Å². The average Bonchev–Trinajstić information content (AvgIpc) is 3.04. The molecule has 0 aliphatic heterocycles. The third-order valence-corrected chi connectivity index (χ3v) is 4.50. The second-order valence-corrected chi connectivity index (χ2v) is 6.12. The summed E-state index contributed by atoms with van der Waals surface area (Å²) >= 11 is 0. The summed E-state index contributed by atoms with van der Waals surface area (Å²) in [6.07, 6.45) is 10.8. The van der Waals surface area contributed by atoms with Gasteiger partial charge in [0.2, 0.25) is 0 Å². The van der Waals surface area contributed by atoms with Gasteiger partial charge in [0.1, 0.15) is 11.6 Å². The van der Waals surface area contributed by atoms with Crippen LogP contribution in [0.25, 0.3) is 11.4 Å². The van der Waals surface area contributed by atoms with Gasteiger partial charge in [-0.3, -0.25) is 0 Å². The van der Waals surface area contributed by atoms with Gasteiger partial charge in [-0.1, -0.05) is 0 Å². The van der Waals surface area contributed by atoms with Gasteiger partial charge < -0.3 is 14.2 Å². The molecule has 1 aliphatic carbocycles. The van der Waals surface area contributed by atoms with E-state index in [4.69, 9.17) is 4.74 Å². The number of imidazole rings is 1. The molecule has 0 saturated heterocycles. The van der Waals surface area contributed by atoms with Gasteiger partial charge >= 0.3 is 0 Å². The normalized spacial score (nSPS) is 21.8. The highest BCUT2D eigenvalue weighted by Gasteiger charge is 2.23. The molecule has 2 aromatic rings. The third-order valence-electron chi connectivity index (χ3n) is 4.50. The maximum Gasteiger partial charge on any atom is 0.141 e. The SMILES string of the molecule is COC1CCC(n2ccnc2-c2ccc(N(C)C)nc2)CC1. The Morgan fingerprint density at radius 2 is 1.91 bits per heavy atom. The summed E-state index contributed by atoms with van der Waals surface area (Å²) in [7, 11) is 5.81. The van der Waals surface area contributed by atoms with Crippen LogP contribution in [0.2, 0.25) is 0 Å². The molecule has 3 rings (SSSR count). The number of ether oxygens (including phenoxy) is 1. The summed E-state index contributed by atoms with van der Waals surface area (Å²) in [5.74, 6) is 1.97. The molecule has 0 spiro atoms. The Morgan fingerprint density at radius 1 is 1.14 bits per heavy atom. The number of pyridine rings is 1. The quantitative estimate of drug-likeness (QED) is 0.870. The maximum atomic E-state index is 5.47. The molecule has 5 nitrogen and oxygen atoms in total. The Balaban J connectivity index is 1.80. The van der Waals surface area contributed by atoms with Gasteiger partial charge in [0.15, 0.2) is 0 Å². The number of methoxy groups -OCH3 is 1. The van der Waals surface area contributed by atoms with Crippen LogP contribution in [0.15, 0.2) is 30.7 Å². The molecule has 2 aromatic heterocycles. The van der Waals surface area contributed by atoms with Crippen molar-refractivity contribution < 1.29 is 4.74 Å². The monoisotopic (exact) mass is 300 g/mol. The fraction of sp³-hybridized carbons (Fsp3) is 0.529. The molecule has 0 atom stereocenters. The number of anilines is 1. The van der Waals surface area contributed by atoms with Gasteiger partial charge in [-0.05, 0) is 37.8 Å². The van der Waals surface area contributed by atoms with E-state index in [9.17, 15) is 0 Å². The highest BCUT2D eigenvalue weighted by Crippen LogP contribution is 2.33. The molecule has 1 aliphatic rings. The second kappa shape index (κ2) is 6.48. The van der Waals surface area contributed by atoms with Crippen LogP contribution in [-0.2, 0) is 4.74 Å². The molecular weight excluding hydrogens is 276 g/mol. The number of rotatable bonds is 4. The molecule has 0 N–H and O–H groups in total.